The predicted octanol–water partition coefficient (Wildman–Crippen LogP) is 5.62. The van der Waals surface area contributed by atoms with E-state index < -0.39 is 25.7 Å². The quantitative estimate of drug-likeness (QED) is 0.344. The van der Waals surface area contributed by atoms with Gasteiger partial charge in [0.25, 0.3) is 0 Å². The van der Waals surface area contributed by atoms with Gasteiger partial charge in [-0.05, 0) is 51.5 Å². The molecular formula is C29H37NO6Si. The lowest BCUT2D eigenvalue weighted by Crippen LogP contribution is -2.48. The molecule has 7 nitrogen and oxygen atoms in total. The minimum atomic E-state index is -2.19. The van der Waals surface area contributed by atoms with E-state index in [0.717, 1.165) is 11.1 Å². The van der Waals surface area contributed by atoms with Crippen LogP contribution in [0.25, 0.3) is 5.70 Å². The Kier molecular flexibility index (Phi) is 7.42. The van der Waals surface area contributed by atoms with E-state index >= 15 is 0 Å². The lowest BCUT2D eigenvalue weighted by molar-refractivity contribution is -0.159. The molecule has 2 aromatic rings. The van der Waals surface area contributed by atoms with Crippen molar-refractivity contribution in [3.05, 3.63) is 65.2 Å². The first-order valence-corrected chi connectivity index (χ1v) is 16.3. The number of hydrogen-bond acceptors (Lipinski definition) is 7. The van der Waals surface area contributed by atoms with Crippen molar-refractivity contribution in [1.82, 2.24) is 4.90 Å². The van der Waals surface area contributed by atoms with Crippen LogP contribution in [0.2, 0.25) is 25.2 Å². The first kappa shape index (κ1) is 26.8. The molecule has 198 valence electrons. The average molecular weight is 524 g/mol. The minimum absolute atomic E-state index is 0.147. The van der Waals surface area contributed by atoms with Gasteiger partial charge in [0.2, 0.25) is 6.79 Å². The topological polar surface area (TPSA) is 74.3 Å². The van der Waals surface area contributed by atoms with Crippen LogP contribution in [0.4, 0.5) is 0 Å². The van der Waals surface area contributed by atoms with Crippen molar-refractivity contribution in [2.75, 3.05) is 13.4 Å². The van der Waals surface area contributed by atoms with Crippen LogP contribution in [0.15, 0.2) is 54.1 Å². The molecule has 0 saturated heterocycles. The molecule has 0 N–H and O–H groups in total. The van der Waals surface area contributed by atoms with E-state index in [0.29, 0.717) is 29.3 Å². The SMILES string of the molecule is CCOC(=O)C1=C(c2ccc3c(c2)OCO3)N(Cc2ccccc2)[C@@H](C(=O)OC(C)(C)C)C1[Si](C)(C)C. The van der Waals surface area contributed by atoms with Gasteiger partial charge in [-0.15, -0.1) is 0 Å². The normalized spacial score (nSPS) is 19.3. The number of carbonyl (C=O) groups excluding carboxylic acids is 2. The molecule has 1 unspecified atom stereocenters. The van der Waals surface area contributed by atoms with E-state index in [2.05, 4.69) is 19.6 Å². The van der Waals surface area contributed by atoms with Gasteiger partial charge in [0.15, 0.2) is 11.5 Å². The Labute approximate surface area is 220 Å². The summed E-state index contributed by atoms with van der Waals surface area (Å²) in [6.07, 6.45) is 0. The summed E-state index contributed by atoms with van der Waals surface area (Å²) < 4.78 is 22.8. The summed E-state index contributed by atoms with van der Waals surface area (Å²) in [6.45, 7) is 14.7. The predicted molar refractivity (Wildman–Crippen MR) is 145 cm³/mol. The maximum atomic E-state index is 13.9. The molecule has 2 atom stereocenters. The zero-order valence-corrected chi connectivity index (χ0v) is 23.8. The van der Waals surface area contributed by atoms with Gasteiger partial charge in [-0.3, -0.25) is 0 Å². The van der Waals surface area contributed by atoms with Gasteiger partial charge in [0.05, 0.1) is 26.0 Å². The molecule has 2 heterocycles. The molecule has 4 rings (SSSR count). The third-order valence-electron chi connectivity index (χ3n) is 6.42. The molecule has 2 aliphatic rings. The first-order valence-electron chi connectivity index (χ1n) is 12.8. The first-order chi connectivity index (χ1) is 17.4. The Hall–Kier alpha value is -3.26. The zero-order chi connectivity index (χ0) is 27.0. The number of benzene rings is 2. The third kappa shape index (κ3) is 5.69. The van der Waals surface area contributed by atoms with Crippen molar-refractivity contribution >= 4 is 25.7 Å². The zero-order valence-electron chi connectivity index (χ0n) is 22.8. The van der Waals surface area contributed by atoms with Crippen molar-refractivity contribution in [1.29, 1.82) is 0 Å². The van der Waals surface area contributed by atoms with Crippen LogP contribution < -0.4 is 9.47 Å². The van der Waals surface area contributed by atoms with E-state index in [4.69, 9.17) is 18.9 Å². The van der Waals surface area contributed by atoms with Crippen LogP contribution in [0.1, 0.15) is 38.8 Å². The number of esters is 2. The summed E-state index contributed by atoms with van der Waals surface area (Å²) in [4.78, 5) is 29.7. The average Bonchev–Trinajstić information content (AvgIpc) is 3.40. The summed E-state index contributed by atoms with van der Waals surface area (Å²) in [6, 6.07) is 14.9. The van der Waals surface area contributed by atoms with Gasteiger partial charge in [0, 0.05) is 17.6 Å². The number of nitrogens with zero attached hydrogens (tertiary/aromatic N) is 1. The Balaban J connectivity index is 1.96. The molecule has 0 bridgehead atoms. The number of rotatable bonds is 7. The van der Waals surface area contributed by atoms with Gasteiger partial charge >= 0.3 is 11.9 Å². The highest BCUT2D eigenvalue weighted by Crippen LogP contribution is 2.51. The Morgan fingerprint density at radius 1 is 1.03 bits per heavy atom. The van der Waals surface area contributed by atoms with Crippen molar-refractivity contribution < 1.29 is 28.5 Å². The highest BCUT2D eigenvalue weighted by molar-refractivity contribution is 6.79. The van der Waals surface area contributed by atoms with Crippen LogP contribution in [0.3, 0.4) is 0 Å². The number of fused-ring (bicyclic) bond motifs is 1. The Morgan fingerprint density at radius 2 is 1.70 bits per heavy atom. The molecule has 0 fully saturated rings. The lowest BCUT2D eigenvalue weighted by Gasteiger charge is -2.37. The fraction of sp³-hybridized carbons (Fsp3) is 0.448. The molecule has 0 aromatic heterocycles. The number of carbonyl (C=O) groups is 2. The molecule has 0 aliphatic carbocycles. The molecule has 2 aromatic carbocycles. The van der Waals surface area contributed by atoms with Gasteiger partial charge in [0.1, 0.15) is 11.6 Å². The molecule has 37 heavy (non-hydrogen) atoms. The summed E-state index contributed by atoms with van der Waals surface area (Å²) in [5, 5.41) is 0. The molecular weight excluding hydrogens is 486 g/mol. The van der Waals surface area contributed by atoms with E-state index in [1.807, 2.05) is 74.2 Å². The van der Waals surface area contributed by atoms with Gasteiger partial charge < -0.3 is 23.8 Å². The monoisotopic (exact) mass is 523 g/mol. The fourth-order valence-corrected chi connectivity index (χ4v) is 7.45. The van der Waals surface area contributed by atoms with Crippen molar-refractivity contribution in [2.24, 2.45) is 0 Å². The lowest BCUT2D eigenvalue weighted by atomic mass is 10.0. The van der Waals surface area contributed by atoms with Crippen molar-refractivity contribution in [2.45, 2.75) is 71.1 Å². The van der Waals surface area contributed by atoms with Gasteiger partial charge in [-0.25, -0.2) is 9.59 Å². The van der Waals surface area contributed by atoms with Crippen LogP contribution in [-0.2, 0) is 25.6 Å². The maximum absolute atomic E-state index is 13.9. The second kappa shape index (κ2) is 10.2. The van der Waals surface area contributed by atoms with Crippen LogP contribution >= 0.6 is 0 Å². The molecule has 8 heteroatoms. The summed E-state index contributed by atoms with van der Waals surface area (Å²) >= 11 is 0. The number of hydrogen-bond donors (Lipinski definition) is 0. The smallest absolute Gasteiger partial charge is 0.336 e. The number of ether oxygens (including phenoxy) is 4. The Bertz CT molecular complexity index is 1200. The molecule has 0 saturated carbocycles. The summed E-state index contributed by atoms with van der Waals surface area (Å²) in [5.74, 6) is 0.526. The summed E-state index contributed by atoms with van der Waals surface area (Å²) in [5.41, 5.74) is 2.00. The minimum Gasteiger partial charge on any atom is -0.463 e. The van der Waals surface area contributed by atoms with E-state index in [-0.39, 0.29) is 24.9 Å². The largest absolute Gasteiger partial charge is 0.463 e. The maximum Gasteiger partial charge on any atom is 0.336 e. The van der Waals surface area contributed by atoms with Crippen LogP contribution in [0.5, 0.6) is 11.5 Å². The molecule has 0 spiro atoms. The van der Waals surface area contributed by atoms with Crippen molar-refractivity contribution in [3.63, 3.8) is 0 Å². The second-order valence-corrected chi connectivity index (χ2v) is 16.8. The van der Waals surface area contributed by atoms with Crippen LogP contribution in [0, 0.1) is 0 Å². The molecule has 0 radical (unpaired) electrons. The van der Waals surface area contributed by atoms with E-state index in [1.54, 1.807) is 6.92 Å². The standard InChI is InChI=1S/C29H37NO6Si/c1-8-33-27(31)23-24(20-14-15-21-22(16-20)35-18-34-21)30(17-19-12-10-9-11-13-19)25(26(23)37(5,6)7)28(32)36-29(2,3)4/h9-16,25-26H,8,17-18H2,1-7H3/t25-,26?/m1/s1. The van der Waals surface area contributed by atoms with Crippen molar-refractivity contribution in [3.8, 4) is 11.5 Å². The highest BCUT2D eigenvalue weighted by Gasteiger charge is 2.54. The fourth-order valence-electron chi connectivity index (χ4n) is 5.07. The van der Waals surface area contributed by atoms with Gasteiger partial charge in [-0.2, -0.15) is 0 Å². The highest BCUT2D eigenvalue weighted by atomic mass is 28.3. The summed E-state index contributed by atoms with van der Waals surface area (Å²) in [7, 11) is -2.19. The second-order valence-electron chi connectivity index (χ2n) is 11.5. The van der Waals surface area contributed by atoms with E-state index in [9.17, 15) is 9.59 Å². The molecule has 0 amide bonds. The molecule has 2 aliphatic heterocycles. The van der Waals surface area contributed by atoms with Gasteiger partial charge in [-0.1, -0.05) is 50.0 Å². The van der Waals surface area contributed by atoms with E-state index in [1.165, 1.54) is 0 Å². The third-order valence-corrected chi connectivity index (χ3v) is 8.89. The Morgan fingerprint density at radius 3 is 2.32 bits per heavy atom. The van der Waals surface area contributed by atoms with Crippen LogP contribution in [-0.4, -0.2) is 50.0 Å².